The summed E-state index contributed by atoms with van der Waals surface area (Å²) in [6, 6.07) is 0. The van der Waals surface area contributed by atoms with Gasteiger partial charge < -0.3 is 0 Å². The van der Waals surface area contributed by atoms with Gasteiger partial charge in [0, 0.05) is 0 Å². The molecule has 100 valence electrons. The second-order valence-electron chi connectivity index (χ2n) is 4.36. The van der Waals surface area contributed by atoms with Crippen LogP contribution in [0.5, 0.6) is 0 Å². The van der Waals surface area contributed by atoms with Gasteiger partial charge in [0.1, 0.15) is 0 Å². The van der Waals surface area contributed by atoms with E-state index in [0.29, 0.717) is 0 Å². The molecule has 0 radical (unpaired) electrons. The summed E-state index contributed by atoms with van der Waals surface area (Å²) >= 11 is 2.13. The Bertz CT molecular complexity index is 162. The van der Waals surface area contributed by atoms with Crippen LogP contribution in [0.15, 0.2) is 24.3 Å². The van der Waals surface area contributed by atoms with Crippen LogP contribution >= 0.6 is 11.8 Å². The highest BCUT2D eigenvalue weighted by atomic mass is 32.2. The van der Waals surface area contributed by atoms with Gasteiger partial charge in [-0.1, -0.05) is 38.2 Å². The zero-order valence-electron chi connectivity index (χ0n) is 11.8. The van der Waals surface area contributed by atoms with Crippen molar-refractivity contribution in [3.05, 3.63) is 24.3 Å². The Labute approximate surface area is 113 Å². The highest BCUT2D eigenvalue weighted by molar-refractivity contribution is 7.99. The maximum absolute atomic E-state index is 2.32. The molecule has 0 aliphatic heterocycles. The van der Waals surface area contributed by atoms with Crippen LogP contribution in [0.3, 0.4) is 0 Å². The third-order valence-corrected chi connectivity index (χ3v) is 3.78. The molecule has 17 heavy (non-hydrogen) atoms. The van der Waals surface area contributed by atoms with Crippen LogP contribution in [0, 0.1) is 0 Å². The predicted molar refractivity (Wildman–Crippen MR) is 83.9 cm³/mol. The highest BCUT2D eigenvalue weighted by Gasteiger charge is 1.90. The van der Waals surface area contributed by atoms with Crippen LogP contribution in [-0.4, -0.2) is 11.5 Å². The molecule has 0 unspecified atom stereocenters. The third-order valence-electron chi connectivity index (χ3n) is 2.62. The van der Waals surface area contributed by atoms with Crippen LogP contribution in [-0.2, 0) is 0 Å². The van der Waals surface area contributed by atoms with Crippen molar-refractivity contribution in [3.63, 3.8) is 0 Å². The molecule has 0 bridgehead atoms. The average molecular weight is 254 g/mol. The minimum atomic E-state index is 1.18. The van der Waals surface area contributed by atoms with E-state index < -0.39 is 0 Å². The number of unbranched alkanes of at least 4 members (excludes halogenated alkanes) is 4. The normalized spacial score (nSPS) is 11.9. The second-order valence-corrected chi connectivity index (χ2v) is 5.59. The SMILES string of the molecule is CC/C=C/CCCCSCCCC/C=C/CC. The molecule has 0 atom stereocenters. The maximum Gasteiger partial charge on any atom is -0.00674 e. The molecule has 0 aromatic carbocycles. The zero-order chi connectivity index (χ0) is 12.6. The minimum absolute atomic E-state index is 1.18. The summed E-state index contributed by atoms with van der Waals surface area (Å²) < 4.78 is 0. The fourth-order valence-corrected chi connectivity index (χ4v) is 2.62. The smallest absolute Gasteiger partial charge is 0.00674 e. The van der Waals surface area contributed by atoms with E-state index in [1.807, 2.05) is 0 Å². The topological polar surface area (TPSA) is 0 Å². The second kappa shape index (κ2) is 15.8. The van der Waals surface area contributed by atoms with Crippen LogP contribution in [0.25, 0.3) is 0 Å². The van der Waals surface area contributed by atoms with E-state index in [-0.39, 0.29) is 0 Å². The summed E-state index contributed by atoms with van der Waals surface area (Å²) in [6.45, 7) is 4.39. The summed E-state index contributed by atoms with van der Waals surface area (Å²) in [6.07, 6.45) is 19.6. The van der Waals surface area contributed by atoms with Crippen LogP contribution in [0.1, 0.15) is 65.2 Å². The molecule has 0 amide bonds. The highest BCUT2D eigenvalue weighted by Crippen LogP contribution is 2.10. The van der Waals surface area contributed by atoms with Gasteiger partial charge in [-0.2, -0.15) is 11.8 Å². The van der Waals surface area contributed by atoms with Crippen molar-refractivity contribution in [2.24, 2.45) is 0 Å². The van der Waals surface area contributed by atoms with E-state index >= 15 is 0 Å². The van der Waals surface area contributed by atoms with Crippen LogP contribution in [0.4, 0.5) is 0 Å². The molecule has 0 saturated heterocycles. The van der Waals surface area contributed by atoms with Crippen molar-refractivity contribution in [1.29, 1.82) is 0 Å². The summed E-state index contributed by atoms with van der Waals surface area (Å²) in [5.74, 6) is 2.70. The number of thioether (sulfide) groups is 1. The lowest BCUT2D eigenvalue weighted by Gasteiger charge is -2.00. The number of rotatable bonds is 12. The summed E-state index contributed by atoms with van der Waals surface area (Å²) in [5.41, 5.74) is 0. The first kappa shape index (κ1) is 16.8. The van der Waals surface area contributed by atoms with Gasteiger partial charge in [-0.05, 0) is 62.9 Å². The molecule has 0 aliphatic carbocycles. The summed E-state index contributed by atoms with van der Waals surface area (Å²) in [5, 5.41) is 0. The van der Waals surface area contributed by atoms with Gasteiger partial charge in [0.05, 0.1) is 0 Å². The minimum Gasteiger partial charge on any atom is -0.162 e. The first-order chi connectivity index (χ1) is 8.41. The Balaban J connectivity index is 2.98. The van der Waals surface area contributed by atoms with E-state index in [2.05, 4.69) is 49.9 Å². The Hall–Kier alpha value is -0.170. The lowest BCUT2D eigenvalue weighted by atomic mass is 10.2. The van der Waals surface area contributed by atoms with Gasteiger partial charge in [0.2, 0.25) is 0 Å². The Morgan fingerprint density at radius 3 is 1.53 bits per heavy atom. The largest absolute Gasteiger partial charge is 0.162 e. The average Bonchev–Trinajstić information content (AvgIpc) is 2.35. The standard InChI is InChI=1S/C16H30S/c1-3-5-7-9-11-13-15-17-16-14-12-10-8-6-4-2/h5-8H,3-4,9-16H2,1-2H3/b7-5+,8-6+. The maximum atomic E-state index is 2.32. The van der Waals surface area contributed by atoms with E-state index in [9.17, 15) is 0 Å². The molecular weight excluding hydrogens is 224 g/mol. The Morgan fingerprint density at radius 1 is 0.647 bits per heavy atom. The molecule has 0 heterocycles. The van der Waals surface area contributed by atoms with Crippen LogP contribution in [0.2, 0.25) is 0 Å². The molecule has 1 heteroatoms. The van der Waals surface area contributed by atoms with Crippen molar-refractivity contribution < 1.29 is 0 Å². The van der Waals surface area contributed by atoms with Crippen molar-refractivity contribution in [2.75, 3.05) is 11.5 Å². The van der Waals surface area contributed by atoms with Gasteiger partial charge in [0.25, 0.3) is 0 Å². The molecule has 0 aromatic heterocycles. The first-order valence-electron chi connectivity index (χ1n) is 7.29. The predicted octanol–water partition coefficient (Wildman–Crippen LogP) is 5.99. The fourth-order valence-electron chi connectivity index (χ4n) is 1.60. The van der Waals surface area contributed by atoms with E-state index in [1.165, 1.54) is 62.9 Å². The summed E-state index contributed by atoms with van der Waals surface area (Å²) in [7, 11) is 0. The Morgan fingerprint density at radius 2 is 1.12 bits per heavy atom. The lowest BCUT2D eigenvalue weighted by molar-refractivity contribution is 0.808. The molecule has 0 saturated carbocycles. The third kappa shape index (κ3) is 15.8. The van der Waals surface area contributed by atoms with Gasteiger partial charge in [-0.15, -0.1) is 0 Å². The van der Waals surface area contributed by atoms with Gasteiger partial charge in [0.15, 0.2) is 0 Å². The molecule has 0 spiro atoms. The fraction of sp³-hybridized carbons (Fsp3) is 0.750. The molecule has 0 aromatic rings. The van der Waals surface area contributed by atoms with Crippen molar-refractivity contribution in [1.82, 2.24) is 0 Å². The summed E-state index contributed by atoms with van der Waals surface area (Å²) in [4.78, 5) is 0. The zero-order valence-corrected chi connectivity index (χ0v) is 12.6. The molecule has 0 fully saturated rings. The van der Waals surface area contributed by atoms with E-state index in [1.54, 1.807) is 0 Å². The monoisotopic (exact) mass is 254 g/mol. The quantitative estimate of drug-likeness (QED) is 0.304. The van der Waals surface area contributed by atoms with E-state index in [4.69, 9.17) is 0 Å². The van der Waals surface area contributed by atoms with E-state index in [0.717, 1.165) is 0 Å². The van der Waals surface area contributed by atoms with Gasteiger partial charge in [-0.25, -0.2) is 0 Å². The molecular formula is C16H30S. The lowest BCUT2D eigenvalue weighted by Crippen LogP contribution is -1.84. The van der Waals surface area contributed by atoms with Gasteiger partial charge >= 0.3 is 0 Å². The molecule has 0 N–H and O–H groups in total. The molecule has 0 nitrogen and oxygen atoms in total. The van der Waals surface area contributed by atoms with Crippen LogP contribution < -0.4 is 0 Å². The Kier molecular flexibility index (Phi) is 15.7. The number of hydrogen-bond donors (Lipinski definition) is 0. The number of allylic oxidation sites excluding steroid dienone is 4. The molecule has 0 rings (SSSR count). The first-order valence-corrected chi connectivity index (χ1v) is 8.45. The number of hydrogen-bond acceptors (Lipinski definition) is 1. The van der Waals surface area contributed by atoms with Crippen molar-refractivity contribution in [3.8, 4) is 0 Å². The van der Waals surface area contributed by atoms with Gasteiger partial charge in [-0.3, -0.25) is 0 Å². The van der Waals surface area contributed by atoms with Crippen molar-refractivity contribution in [2.45, 2.75) is 65.2 Å². The molecule has 0 aliphatic rings. The van der Waals surface area contributed by atoms with Crippen molar-refractivity contribution >= 4 is 11.8 Å².